The number of methoxy groups -OCH3 is 1. The molecule has 0 aliphatic rings. The summed E-state index contributed by atoms with van der Waals surface area (Å²) in [5, 5.41) is 12.0. The first kappa shape index (κ1) is 15.3. The molecule has 0 radical (unpaired) electrons. The molecule has 1 atom stereocenters. The van der Waals surface area contributed by atoms with Gasteiger partial charge in [0.1, 0.15) is 5.75 Å². The Morgan fingerprint density at radius 2 is 2.26 bits per heavy atom. The van der Waals surface area contributed by atoms with Crippen LogP contribution in [0.1, 0.15) is 17.3 Å². The average Bonchev–Trinajstić information content (AvgIpc) is 2.39. The predicted octanol–water partition coefficient (Wildman–Crippen LogP) is 0.405. The molecule has 0 saturated carbocycles. The van der Waals surface area contributed by atoms with E-state index in [0.29, 0.717) is 23.6 Å². The molecule has 1 aromatic carbocycles. The summed E-state index contributed by atoms with van der Waals surface area (Å²) in [6.45, 7) is 2.67. The minimum Gasteiger partial charge on any atom is -0.492 e. The summed E-state index contributed by atoms with van der Waals surface area (Å²) in [5.74, 6) is 0.253. The van der Waals surface area contributed by atoms with Crippen molar-refractivity contribution in [3.05, 3.63) is 23.8 Å². The molecule has 1 aromatic rings. The average molecular weight is 268 g/mol. The highest BCUT2D eigenvalue weighted by atomic mass is 16.5. The second-order valence-corrected chi connectivity index (χ2v) is 4.00. The second kappa shape index (κ2) is 7.60. The first-order valence-electron chi connectivity index (χ1n) is 6.06. The van der Waals surface area contributed by atoms with E-state index < -0.39 is 6.10 Å². The molecule has 6 nitrogen and oxygen atoms in total. The first-order valence-corrected chi connectivity index (χ1v) is 6.06. The van der Waals surface area contributed by atoms with Gasteiger partial charge in [0.15, 0.2) is 0 Å². The molecule has 4 N–H and O–H groups in total. The number of hydrogen-bond acceptors (Lipinski definition) is 5. The van der Waals surface area contributed by atoms with E-state index in [2.05, 4.69) is 5.32 Å². The summed E-state index contributed by atoms with van der Waals surface area (Å²) in [5.41, 5.74) is 6.61. The zero-order valence-corrected chi connectivity index (χ0v) is 11.2. The highest BCUT2D eigenvalue weighted by Crippen LogP contribution is 2.22. The van der Waals surface area contributed by atoms with Gasteiger partial charge in [-0.25, -0.2) is 0 Å². The normalized spacial score (nSPS) is 11.9. The number of rotatable bonds is 7. The number of hydrogen-bond donors (Lipinski definition) is 3. The first-order chi connectivity index (χ1) is 9.08. The fourth-order valence-corrected chi connectivity index (χ4v) is 1.54. The lowest BCUT2D eigenvalue weighted by atomic mass is 10.1. The van der Waals surface area contributed by atoms with Crippen LogP contribution in [0.2, 0.25) is 0 Å². The Bertz CT molecular complexity index is 423. The Morgan fingerprint density at radius 3 is 2.84 bits per heavy atom. The molecular weight excluding hydrogens is 248 g/mol. The van der Waals surface area contributed by atoms with Gasteiger partial charge in [0.05, 0.1) is 25.0 Å². The summed E-state index contributed by atoms with van der Waals surface area (Å²) >= 11 is 0. The van der Waals surface area contributed by atoms with E-state index in [-0.39, 0.29) is 19.1 Å². The Morgan fingerprint density at radius 1 is 1.53 bits per heavy atom. The van der Waals surface area contributed by atoms with Crippen LogP contribution in [0.3, 0.4) is 0 Å². The fraction of sp³-hybridized carbons (Fsp3) is 0.462. The fourth-order valence-electron chi connectivity index (χ4n) is 1.54. The highest BCUT2D eigenvalue weighted by molar-refractivity contribution is 5.95. The van der Waals surface area contributed by atoms with Gasteiger partial charge in [-0.1, -0.05) is 0 Å². The van der Waals surface area contributed by atoms with Crippen LogP contribution in [-0.4, -0.2) is 44.0 Å². The number of nitrogens with two attached hydrogens (primary N) is 1. The smallest absolute Gasteiger partial charge is 0.251 e. The predicted molar refractivity (Wildman–Crippen MR) is 72.2 cm³/mol. The minimum atomic E-state index is -0.728. The Labute approximate surface area is 112 Å². The molecule has 1 amide bonds. The lowest BCUT2D eigenvalue weighted by Gasteiger charge is -2.12. The summed E-state index contributed by atoms with van der Waals surface area (Å²) in [6.07, 6.45) is -0.728. The van der Waals surface area contributed by atoms with Crippen LogP contribution in [0.4, 0.5) is 5.69 Å². The number of aliphatic hydroxyl groups excluding tert-OH is 1. The van der Waals surface area contributed by atoms with E-state index in [1.165, 1.54) is 7.11 Å². The van der Waals surface area contributed by atoms with Gasteiger partial charge in [0.2, 0.25) is 0 Å². The van der Waals surface area contributed by atoms with Gasteiger partial charge in [-0.15, -0.1) is 0 Å². The molecule has 6 heteroatoms. The van der Waals surface area contributed by atoms with Crippen molar-refractivity contribution in [1.82, 2.24) is 5.32 Å². The third-order valence-corrected chi connectivity index (χ3v) is 2.43. The van der Waals surface area contributed by atoms with Crippen molar-refractivity contribution in [2.24, 2.45) is 0 Å². The van der Waals surface area contributed by atoms with Gasteiger partial charge < -0.3 is 25.6 Å². The molecule has 19 heavy (non-hydrogen) atoms. The largest absolute Gasteiger partial charge is 0.492 e. The van der Waals surface area contributed by atoms with Gasteiger partial charge in [0, 0.05) is 19.2 Å². The van der Waals surface area contributed by atoms with Crippen molar-refractivity contribution < 1.29 is 19.4 Å². The second-order valence-electron chi connectivity index (χ2n) is 4.00. The number of amides is 1. The molecule has 0 aromatic heterocycles. The number of anilines is 1. The number of aliphatic hydroxyl groups is 1. The van der Waals surface area contributed by atoms with Crippen molar-refractivity contribution in [3.63, 3.8) is 0 Å². The molecule has 106 valence electrons. The molecule has 0 aliphatic heterocycles. The lowest BCUT2D eigenvalue weighted by molar-refractivity contribution is 0.0610. The van der Waals surface area contributed by atoms with E-state index >= 15 is 0 Å². The van der Waals surface area contributed by atoms with Crippen LogP contribution < -0.4 is 15.8 Å². The van der Waals surface area contributed by atoms with Crippen LogP contribution in [0, 0.1) is 0 Å². The third kappa shape index (κ3) is 4.76. The number of nitrogens with one attached hydrogen (secondary N) is 1. The molecule has 1 rings (SSSR count). The molecular formula is C13H20N2O4. The molecule has 0 bridgehead atoms. The summed E-state index contributed by atoms with van der Waals surface area (Å²) < 4.78 is 10.1. The summed E-state index contributed by atoms with van der Waals surface area (Å²) in [7, 11) is 1.48. The van der Waals surface area contributed by atoms with E-state index in [4.69, 9.17) is 15.2 Å². The summed E-state index contributed by atoms with van der Waals surface area (Å²) in [6, 6.07) is 4.82. The molecule has 1 unspecified atom stereocenters. The van der Waals surface area contributed by atoms with Crippen molar-refractivity contribution in [1.29, 1.82) is 0 Å². The molecule has 0 fully saturated rings. The van der Waals surface area contributed by atoms with Gasteiger partial charge in [0.25, 0.3) is 5.91 Å². The van der Waals surface area contributed by atoms with Crippen LogP contribution in [0.25, 0.3) is 0 Å². The molecule has 0 heterocycles. The van der Waals surface area contributed by atoms with Gasteiger partial charge >= 0.3 is 0 Å². The zero-order chi connectivity index (χ0) is 14.3. The van der Waals surface area contributed by atoms with Gasteiger partial charge in [-0.05, 0) is 25.1 Å². The number of benzene rings is 1. The van der Waals surface area contributed by atoms with Crippen molar-refractivity contribution in [2.45, 2.75) is 13.0 Å². The van der Waals surface area contributed by atoms with Crippen LogP contribution in [0.5, 0.6) is 5.75 Å². The highest BCUT2D eigenvalue weighted by Gasteiger charge is 2.10. The van der Waals surface area contributed by atoms with Crippen molar-refractivity contribution in [3.8, 4) is 5.75 Å². The van der Waals surface area contributed by atoms with E-state index in [1.54, 1.807) is 18.2 Å². The zero-order valence-electron chi connectivity index (χ0n) is 11.2. The maximum Gasteiger partial charge on any atom is 0.251 e. The lowest BCUT2D eigenvalue weighted by Crippen LogP contribution is -2.34. The molecule has 0 spiro atoms. The Kier molecular flexibility index (Phi) is 6.11. The quantitative estimate of drug-likeness (QED) is 0.622. The van der Waals surface area contributed by atoms with Crippen molar-refractivity contribution in [2.75, 3.05) is 32.6 Å². The Hall–Kier alpha value is -1.79. The minimum absolute atomic E-state index is 0.125. The number of nitrogen functional groups attached to an aromatic ring is 1. The monoisotopic (exact) mass is 268 g/mol. The number of carbonyl (C=O) groups excluding carboxylic acids is 1. The van der Waals surface area contributed by atoms with Crippen LogP contribution in [0.15, 0.2) is 18.2 Å². The third-order valence-electron chi connectivity index (χ3n) is 2.43. The molecule has 0 aliphatic carbocycles. The van der Waals surface area contributed by atoms with E-state index in [1.807, 2.05) is 6.92 Å². The number of ether oxygens (including phenoxy) is 2. The van der Waals surface area contributed by atoms with E-state index in [9.17, 15) is 9.90 Å². The van der Waals surface area contributed by atoms with Gasteiger partial charge in [-0.3, -0.25) is 4.79 Å². The topological polar surface area (TPSA) is 93.8 Å². The maximum atomic E-state index is 11.8. The maximum absolute atomic E-state index is 11.8. The number of carbonyl (C=O) groups is 1. The van der Waals surface area contributed by atoms with Crippen LogP contribution >= 0.6 is 0 Å². The van der Waals surface area contributed by atoms with Gasteiger partial charge in [-0.2, -0.15) is 0 Å². The Balaban J connectivity index is 2.60. The summed E-state index contributed by atoms with van der Waals surface area (Å²) in [4.78, 5) is 11.8. The van der Waals surface area contributed by atoms with Crippen molar-refractivity contribution >= 4 is 11.6 Å². The van der Waals surface area contributed by atoms with Crippen LogP contribution in [-0.2, 0) is 4.74 Å². The SMILES string of the molecule is CCOc1ccc(C(=O)NCC(O)COC)cc1N. The molecule has 0 saturated heterocycles. The van der Waals surface area contributed by atoms with E-state index in [0.717, 1.165) is 0 Å². The standard InChI is InChI=1S/C13H20N2O4/c1-3-19-12-5-4-9(6-11(12)14)13(17)15-7-10(16)8-18-2/h4-6,10,16H,3,7-8,14H2,1-2H3,(H,15,17).